The van der Waals surface area contributed by atoms with Crippen LogP contribution in [0.4, 0.5) is 13.2 Å². The Morgan fingerprint density at radius 2 is 1.95 bits per heavy atom. The van der Waals surface area contributed by atoms with Crippen molar-refractivity contribution < 1.29 is 32.9 Å². The molecule has 2 N–H and O–H groups in total. The lowest BCUT2D eigenvalue weighted by Crippen LogP contribution is -2.45. The number of pyridine rings is 1. The third-order valence-corrected chi connectivity index (χ3v) is 8.78. The Bertz CT molecular complexity index is 1320. The number of hydrogen-bond acceptors (Lipinski definition) is 6. The van der Waals surface area contributed by atoms with E-state index in [9.17, 15) is 28.2 Å². The van der Waals surface area contributed by atoms with Gasteiger partial charge in [0.25, 0.3) is 0 Å². The zero-order chi connectivity index (χ0) is 28.2. The second-order valence-corrected chi connectivity index (χ2v) is 11.3. The molecule has 1 unspecified atom stereocenters. The molecule has 11 heteroatoms. The van der Waals surface area contributed by atoms with Gasteiger partial charge in [-0.2, -0.15) is 13.2 Å². The van der Waals surface area contributed by atoms with Crippen LogP contribution in [0.15, 0.2) is 53.6 Å². The summed E-state index contributed by atoms with van der Waals surface area (Å²) in [6.45, 7) is 1.58. The molecule has 6 nitrogen and oxygen atoms in total. The lowest BCUT2D eigenvalue weighted by molar-refractivity contribution is -0.153. The SMILES string of the molecule is COc1ccc2ncc(Cl)c(C(O)CCC3(C(=O)O)CCN(CCSc4ccccc4C(F)(F)F)CC3)c2c1. The third-order valence-electron chi connectivity index (χ3n) is 7.42. The first kappa shape index (κ1) is 29.5. The average molecular weight is 583 g/mol. The number of methoxy groups -OCH3 is 1. The summed E-state index contributed by atoms with van der Waals surface area (Å²) >= 11 is 7.56. The fraction of sp³-hybridized carbons (Fsp3) is 0.429. The van der Waals surface area contributed by atoms with Crippen LogP contribution in [0.5, 0.6) is 5.75 Å². The molecule has 1 aliphatic rings. The molecule has 3 aromatic rings. The summed E-state index contributed by atoms with van der Waals surface area (Å²) in [5, 5.41) is 22.2. The van der Waals surface area contributed by atoms with Crippen LogP contribution in [-0.4, -0.2) is 58.6 Å². The van der Waals surface area contributed by atoms with Crippen molar-refractivity contribution in [2.75, 3.05) is 32.5 Å². The molecule has 1 aliphatic heterocycles. The Hall–Kier alpha value is -2.53. The highest BCUT2D eigenvalue weighted by Gasteiger charge is 2.41. The van der Waals surface area contributed by atoms with Gasteiger partial charge in [-0.1, -0.05) is 23.7 Å². The molecule has 1 atom stereocenters. The van der Waals surface area contributed by atoms with Gasteiger partial charge >= 0.3 is 12.1 Å². The van der Waals surface area contributed by atoms with E-state index in [0.29, 0.717) is 65.5 Å². The van der Waals surface area contributed by atoms with Gasteiger partial charge in [-0.3, -0.25) is 9.78 Å². The van der Waals surface area contributed by atoms with Crippen LogP contribution >= 0.6 is 23.4 Å². The number of carboxylic acids is 1. The number of benzene rings is 2. The monoisotopic (exact) mass is 582 g/mol. The van der Waals surface area contributed by atoms with E-state index in [1.807, 2.05) is 0 Å². The van der Waals surface area contributed by atoms with E-state index >= 15 is 0 Å². The molecule has 0 amide bonds. The van der Waals surface area contributed by atoms with E-state index < -0.39 is 29.2 Å². The molecule has 2 heterocycles. The molecular weight excluding hydrogens is 553 g/mol. The van der Waals surface area contributed by atoms with Gasteiger partial charge in [0.15, 0.2) is 0 Å². The molecule has 4 rings (SSSR count). The largest absolute Gasteiger partial charge is 0.497 e. The quantitative estimate of drug-likeness (QED) is 0.258. The first-order chi connectivity index (χ1) is 18.5. The molecule has 1 fully saturated rings. The number of fused-ring (bicyclic) bond motifs is 1. The summed E-state index contributed by atoms with van der Waals surface area (Å²) in [5.41, 5.74) is -0.501. The normalized spacial score (nSPS) is 16.8. The standard InChI is InChI=1S/C28H30ClF3N2O4S/c1-38-18-6-7-22-19(16-18)25(21(29)17-33-22)23(35)8-9-27(26(36)37)10-12-34(13-11-27)14-15-39-24-5-3-2-4-20(24)28(30,31)32/h2-7,16-17,23,35H,8-15H2,1H3,(H,36,37). The van der Waals surface area contributed by atoms with Crippen LogP contribution < -0.4 is 4.74 Å². The smallest absolute Gasteiger partial charge is 0.417 e. The summed E-state index contributed by atoms with van der Waals surface area (Å²) in [6.07, 6.45) is -2.68. The van der Waals surface area contributed by atoms with E-state index in [0.717, 1.165) is 17.8 Å². The number of thioether (sulfide) groups is 1. The van der Waals surface area contributed by atoms with Gasteiger partial charge < -0.3 is 19.8 Å². The number of rotatable bonds is 10. The summed E-state index contributed by atoms with van der Waals surface area (Å²) in [7, 11) is 1.54. The number of aliphatic hydroxyl groups excluding tert-OH is 1. The second kappa shape index (κ2) is 12.3. The Labute approximate surface area is 234 Å². The third kappa shape index (κ3) is 6.80. The van der Waals surface area contributed by atoms with E-state index in [1.165, 1.54) is 18.3 Å². The Balaban J connectivity index is 1.37. The van der Waals surface area contributed by atoms with Gasteiger partial charge in [-0.15, -0.1) is 11.8 Å². The van der Waals surface area contributed by atoms with E-state index in [2.05, 4.69) is 9.88 Å². The fourth-order valence-corrected chi connectivity index (χ4v) is 6.44. The van der Waals surface area contributed by atoms with Gasteiger partial charge in [0, 0.05) is 34.3 Å². The molecule has 0 bridgehead atoms. The maximum Gasteiger partial charge on any atom is 0.417 e. The van der Waals surface area contributed by atoms with Crippen LogP contribution in [0.3, 0.4) is 0 Å². The molecule has 1 aromatic heterocycles. The number of nitrogens with zero attached hydrogens (tertiary/aromatic N) is 2. The number of likely N-dealkylation sites (tertiary alicyclic amines) is 1. The number of piperidine rings is 1. The number of aliphatic hydroxyl groups is 1. The van der Waals surface area contributed by atoms with Gasteiger partial charge in [-0.25, -0.2) is 0 Å². The zero-order valence-electron chi connectivity index (χ0n) is 21.4. The van der Waals surface area contributed by atoms with Crippen LogP contribution in [0, 0.1) is 5.41 Å². The van der Waals surface area contributed by atoms with E-state index in [4.69, 9.17) is 16.3 Å². The minimum Gasteiger partial charge on any atom is -0.497 e. The summed E-state index contributed by atoms with van der Waals surface area (Å²) < 4.78 is 45.0. The number of alkyl halides is 3. The lowest BCUT2D eigenvalue weighted by Gasteiger charge is -2.39. The lowest BCUT2D eigenvalue weighted by atomic mass is 9.74. The zero-order valence-corrected chi connectivity index (χ0v) is 23.0. The second-order valence-electron chi connectivity index (χ2n) is 9.73. The summed E-state index contributed by atoms with van der Waals surface area (Å²) in [6, 6.07) is 10.8. The minimum atomic E-state index is -4.40. The molecule has 210 valence electrons. The van der Waals surface area contributed by atoms with E-state index in [-0.39, 0.29) is 17.7 Å². The van der Waals surface area contributed by atoms with Crippen molar-refractivity contribution >= 4 is 40.2 Å². The summed E-state index contributed by atoms with van der Waals surface area (Å²) in [4.78, 5) is 18.9. The fourth-order valence-electron chi connectivity index (χ4n) is 5.08. The van der Waals surface area contributed by atoms with Gasteiger partial charge in [0.05, 0.1) is 34.7 Å². The number of aliphatic carboxylic acids is 1. The number of aromatic nitrogens is 1. The Morgan fingerprint density at radius 3 is 2.62 bits per heavy atom. The number of carboxylic acid groups (broad SMARTS) is 1. The Kier molecular flexibility index (Phi) is 9.31. The van der Waals surface area contributed by atoms with Crippen molar-refractivity contribution in [1.82, 2.24) is 9.88 Å². The topological polar surface area (TPSA) is 82.9 Å². The maximum atomic E-state index is 13.2. The molecule has 0 aliphatic carbocycles. The number of ether oxygens (including phenoxy) is 1. The molecule has 1 saturated heterocycles. The van der Waals surface area contributed by atoms with Crippen LogP contribution in [0.1, 0.15) is 42.9 Å². The maximum absolute atomic E-state index is 13.2. The number of carbonyl (C=O) groups is 1. The van der Waals surface area contributed by atoms with E-state index in [1.54, 1.807) is 31.4 Å². The molecule has 0 radical (unpaired) electrons. The van der Waals surface area contributed by atoms with Crippen molar-refractivity contribution in [3.05, 3.63) is 64.8 Å². The minimum absolute atomic E-state index is 0.191. The highest BCUT2D eigenvalue weighted by atomic mass is 35.5. The molecule has 39 heavy (non-hydrogen) atoms. The van der Waals surface area contributed by atoms with Crippen LogP contribution in [0.2, 0.25) is 5.02 Å². The van der Waals surface area contributed by atoms with Crippen molar-refractivity contribution in [2.45, 2.75) is 42.9 Å². The van der Waals surface area contributed by atoms with Crippen molar-refractivity contribution in [1.29, 1.82) is 0 Å². The van der Waals surface area contributed by atoms with Crippen molar-refractivity contribution in [3.63, 3.8) is 0 Å². The highest BCUT2D eigenvalue weighted by molar-refractivity contribution is 7.99. The Morgan fingerprint density at radius 1 is 1.23 bits per heavy atom. The summed E-state index contributed by atoms with van der Waals surface area (Å²) in [5.74, 6) is 0.146. The average Bonchev–Trinajstić information content (AvgIpc) is 2.91. The van der Waals surface area contributed by atoms with Crippen LogP contribution in [-0.2, 0) is 11.0 Å². The predicted octanol–water partition coefficient (Wildman–Crippen LogP) is 6.69. The van der Waals surface area contributed by atoms with Gasteiger partial charge in [-0.05, 0) is 69.1 Å². The molecule has 0 spiro atoms. The first-order valence-electron chi connectivity index (χ1n) is 12.6. The predicted molar refractivity (Wildman–Crippen MR) is 145 cm³/mol. The first-order valence-corrected chi connectivity index (χ1v) is 14.0. The van der Waals surface area contributed by atoms with Gasteiger partial charge in [0.2, 0.25) is 0 Å². The van der Waals surface area contributed by atoms with Crippen LogP contribution in [0.25, 0.3) is 10.9 Å². The highest BCUT2D eigenvalue weighted by Crippen LogP contribution is 2.41. The number of hydrogen-bond donors (Lipinski definition) is 2. The van der Waals surface area contributed by atoms with Crippen molar-refractivity contribution in [2.24, 2.45) is 5.41 Å². The van der Waals surface area contributed by atoms with Crippen molar-refractivity contribution in [3.8, 4) is 5.75 Å². The molecular formula is C28H30ClF3N2O4S. The van der Waals surface area contributed by atoms with Gasteiger partial charge in [0.1, 0.15) is 5.75 Å². The number of halogens is 4. The molecule has 0 saturated carbocycles. The molecule has 2 aromatic carbocycles.